The Hall–Kier alpha value is -3.37. The maximum atomic E-state index is 12.5. The summed E-state index contributed by atoms with van der Waals surface area (Å²) < 4.78 is 29.3. The molecule has 8 nitrogen and oxygen atoms in total. The average Bonchev–Trinajstić information content (AvgIpc) is 2.84. The summed E-state index contributed by atoms with van der Waals surface area (Å²) in [5.74, 6) is 0.728. The first-order chi connectivity index (χ1) is 16.5. The number of rotatable bonds is 8. The van der Waals surface area contributed by atoms with Crippen LogP contribution < -0.4 is 20.7 Å². The monoisotopic (exact) mass is 488 g/mol. The third-order valence-electron chi connectivity index (χ3n) is 5.28. The Morgan fingerprint density at radius 1 is 1.24 bits per heavy atom. The Morgan fingerprint density at radius 2 is 2.12 bits per heavy atom. The third-order valence-corrected chi connectivity index (χ3v) is 5.58. The Morgan fingerprint density at radius 3 is 2.91 bits per heavy atom. The van der Waals surface area contributed by atoms with E-state index in [2.05, 4.69) is 35.6 Å². The molecule has 1 saturated heterocycles. The van der Waals surface area contributed by atoms with Crippen molar-refractivity contribution in [2.45, 2.75) is 26.0 Å². The van der Waals surface area contributed by atoms with Crippen LogP contribution in [0.2, 0.25) is 5.02 Å². The van der Waals surface area contributed by atoms with Gasteiger partial charge in [0.2, 0.25) is 5.91 Å². The number of piperidine rings is 1. The van der Waals surface area contributed by atoms with Gasteiger partial charge in [-0.2, -0.15) is 8.78 Å². The molecule has 1 aromatic carbocycles. The van der Waals surface area contributed by atoms with E-state index in [4.69, 9.17) is 11.6 Å². The molecule has 3 N–H and O–H groups in total. The smallest absolute Gasteiger partial charge is 0.387 e. The van der Waals surface area contributed by atoms with Gasteiger partial charge >= 0.3 is 6.61 Å². The summed E-state index contributed by atoms with van der Waals surface area (Å²) in [5, 5.41) is 9.54. The standard InChI is InChI=1S/C23H23ClF2N6O2/c24-18-11-30-20(32-22(33)15-4-2-6-27-10-15)8-17(18)19-12-28-13-21(31-19)29-9-14-3-1-5-16(7-14)34-23(25)26/h1,3,5,7-8,11-13,15,23,27H,2,4,6,9-10H2,(H,29,31)(H,30,32,33)/t15-/m1/s1. The minimum atomic E-state index is -2.88. The van der Waals surface area contributed by atoms with Gasteiger partial charge < -0.3 is 20.7 Å². The number of hydrogen-bond donors (Lipinski definition) is 3. The van der Waals surface area contributed by atoms with Gasteiger partial charge in [0.25, 0.3) is 0 Å². The fourth-order valence-corrected chi connectivity index (χ4v) is 3.81. The number of alkyl halides is 2. The molecule has 1 aliphatic rings. The van der Waals surface area contributed by atoms with E-state index in [1.165, 1.54) is 24.5 Å². The minimum absolute atomic E-state index is 0.0799. The predicted molar refractivity (Wildman–Crippen MR) is 125 cm³/mol. The fourth-order valence-electron chi connectivity index (χ4n) is 3.61. The summed E-state index contributed by atoms with van der Waals surface area (Å²) in [7, 11) is 0. The first kappa shape index (κ1) is 23.8. The summed E-state index contributed by atoms with van der Waals surface area (Å²) in [6, 6.07) is 8.05. The number of hydrogen-bond acceptors (Lipinski definition) is 7. The number of nitrogens with one attached hydrogen (secondary N) is 3. The molecule has 11 heteroatoms. The second-order valence-corrected chi connectivity index (χ2v) is 8.16. The Kier molecular flexibility index (Phi) is 7.81. The van der Waals surface area contributed by atoms with Crippen molar-refractivity contribution in [2.75, 3.05) is 23.7 Å². The molecule has 0 aliphatic carbocycles. The second-order valence-electron chi connectivity index (χ2n) is 7.75. The first-order valence-electron chi connectivity index (χ1n) is 10.7. The van der Waals surface area contributed by atoms with Crippen molar-refractivity contribution in [2.24, 2.45) is 5.92 Å². The molecule has 1 amide bonds. The molecular weight excluding hydrogens is 466 g/mol. The van der Waals surface area contributed by atoms with Crippen molar-refractivity contribution in [3.05, 3.63) is 59.5 Å². The molecule has 3 aromatic rings. The van der Waals surface area contributed by atoms with E-state index in [-0.39, 0.29) is 17.6 Å². The van der Waals surface area contributed by atoms with Gasteiger partial charge in [0.1, 0.15) is 17.4 Å². The number of pyridine rings is 1. The van der Waals surface area contributed by atoms with Crippen LogP contribution in [0.4, 0.5) is 20.4 Å². The number of amides is 1. The van der Waals surface area contributed by atoms with Crippen LogP contribution in [-0.4, -0.2) is 40.6 Å². The number of aromatic nitrogens is 3. The highest BCUT2D eigenvalue weighted by molar-refractivity contribution is 6.33. The van der Waals surface area contributed by atoms with Gasteiger partial charge in [0.05, 0.1) is 29.0 Å². The lowest BCUT2D eigenvalue weighted by Crippen LogP contribution is -2.37. The molecule has 178 valence electrons. The van der Waals surface area contributed by atoms with Crippen LogP contribution >= 0.6 is 11.6 Å². The predicted octanol–water partition coefficient (Wildman–Crippen LogP) is 4.34. The maximum Gasteiger partial charge on any atom is 0.387 e. The molecular formula is C23H23ClF2N6O2. The number of carbonyl (C=O) groups is 1. The molecule has 0 spiro atoms. The summed E-state index contributed by atoms with van der Waals surface area (Å²) in [6.45, 7) is -1.00. The van der Waals surface area contributed by atoms with Crippen molar-refractivity contribution in [3.63, 3.8) is 0 Å². The molecule has 3 heterocycles. The van der Waals surface area contributed by atoms with E-state index in [0.29, 0.717) is 41.0 Å². The van der Waals surface area contributed by atoms with Crippen molar-refractivity contribution < 1.29 is 18.3 Å². The van der Waals surface area contributed by atoms with Gasteiger partial charge in [0, 0.05) is 24.8 Å². The molecule has 2 aromatic heterocycles. The fraction of sp³-hybridized carbons (Fsp3) is 0.304. The molecule has 0 unspecified atom stereocenters. The SMILES string of the molecule is O=C(Nc1cc(-c2cncc(NCc3cccc(OC(F)F)c3)n2)c(Cl)cn1)[C@@H]1CCCNC1. The molecule has 0 radical (unpaired) electrons. The van der Waals surface area contributed by atoms with Gasteiger partial charge in [-0.05, 0) is 43.1 Å². The lowest BCUT2D eigenvalue weighted by Gasteiger charge is -2.21. The van der Waals surface area contributed by atoms with Crippen molar-refractivity contribution >= 4 is 29.1 Å². The van der Waals surface area contributed by atoms with E-state index in [1.54, 1.807) is 24.4 Å². The number of anilines is 2. The molecule has 4 rings (SSSR count). The van der Waals surface area contributed by atoms with Crippen molar-refractivity contribution in [1.82, 2.24) is 20.3 Å². The van der Waals surface area contributed by atoms with Crippen LogP contribution in [0.3, 0.4) is 0 Å². The largest absolute Gasteiger partial charge is 0.435 e. The van der Waals surface area contributed by atoms with Gasteiger partial charge in [-0.15, -0.1) is 0 Å². The van der Waals surface area contributed by atoms with Crippen molar-refractivity contribution in [1.29, 1.82) is 0 Å². The molecule has 34 heavy (non-hydrogen) atoms. The molecule has 0 bridgehead atoms. The van der Waals surface area contributed by atoms with E-state index in [9.17, 15) is 13.6 Å². The minimum Gasteiger partial charge on any atom is -0.435 e. The summed E-state index contributed by atoms with van der Waals surface area (Å²) in [5.41, 5.74) is 1.79. The molecule has 1 atom stereocenters. The Balaban J connectivity index is 1.45. The van der Waals surface area contributed by atoms with E-state index < -0.39 is 6.61 Å². The number of ether oxygens (including phenoxy) is 1. The summed E-state index contributed by atoms with van der Waals surface area (Å²) in [6.07, 6.45) is 6.34. The lowest BCUT2D eigenvalue weighted by molar-refractivity contribution is -0.120. The third kappa shape index (κ3) is 6.36. The lowest BCUT2D eigenvalue weighted by atomic mass is 9.99. The first-order valence-corrected chi connectivity index (χ1v) is 11.1. The zero-order valence-electron chi connectivity index (χ0n) is 18.1. The highest BCUT2D eigenvalue weighted by Gasteiger charge is 2.21. The zero-order valence-corrected chi connectivity index (χ0v) is 18.9. The topological polar surface area (TPSA) is 101 Å². The van der Waals surface area contributed by atoms with Crippen LogP contribution in [0.25, 0.3) is 11.3 Å². The molecule has 0 saturated carbocycles. The number of benzene rings is 1. The Labute approximate surface area is 200 Å². The maximum absolute atomic E-state index is 12.5. The van der Waals surface area contributed by atoms with Crippen LogP contribution in [-0.2, 0) is 11.3 Å². The van der Waals surface area contributed by atoms with Crippen LogP contribution in [0.1, 0.15) is 18.4 Å². The molecule has 1 fully saturated rings. The van der Waals surface area contributed by atoms with Gasteiger partial charge in [-0.25, -0.2) is 9.97 Å². The van der Waals surface area contributed by atoms with Gasteiger partial charge in [-0.1, -0.05) is 23.7 Å². The highest BCUT2D eigenvalue weighted by Crippen LogP contribution is 2.28. The number of halogens is 3. The zero-order chi connectivity index (χ0) is 23.9. The van der Waals surface area contributed by atoms with Crippen LogP contribution in [0, 0.1) is 5.92 Å². The molecule has 1 aliphatic heterocycles. The van der Waals surface area contributed by atoms with E-state index in [1.807, 2.05) is 0 Å². The van der Waals surface area contributed by atoms with Crippen LogP contribution in [0.5, 0.6) is 5.75 Å². The van der Waals surface area contributed by atoms with Crippen molar-refractivity contribution in [3.8, 4) is 17.0 Å². The summed E-state index contributed by atoms with van der Waals surface area (Å²) in [4.78, 5) is 25.5. The summed E-state index contributed by atoms with van der Waals surface area (Å²) >= 11 is 6.35. The van der Waals surface area contributed by atoms with Gasteiger partial charge in [0.15, 0.2) is 0 Å². The second kappa shape index (κ2) is 11.2. The number of carbonyl (C=O) groups excluding carboxylic acids is 1. The number of nitrogens with zero attached hydrogens (tertiary/aromatic N) is 3. The normalized spacial score (nSPS) is 15.7. The Bertz CT molecular complexity index is 1140. The highest BCUT2D eigenvalue weighted by atomic mass is 35.5. The van der Waals surface area contributed by atoms with Crippen LogP contribution in [0.15, 0.2) is 48.9 Å². The average molecular weight is 489 g/mol. The van der Waals surface area contributed by atoms with Gasteiger partial charge in [-0.3, -0.25) is 9.78 Å². The quantitative estimate of drug-likeness (QED) is 0.433. The van der Waals surface area contributed by atoms with E-state index in [0.717, 1.165) is 24.9 Å². The van der Waals surface area contributed by atoms with E-state index >= 15 is 0 Å².